The minimum atomic E-state index is -0.603. The van der Waals surface area contributed by atoms with Crippen LogP contribution in [0.2, 0.25) is 0 Å². The summed E-state index contributed by atoms with van der Waals surface area (Å²) in [5, 5.41) is 0. The molecule has 0 saturated carbocycles. The predicted molar refractivity (Wildman–Crippen MR) is 232 cm³/mol. The molecular weight excluding hydrogens is 709 g/mol. The van der Waals surface area contributed by atoms with Crippen molar-refractivity contribution in [3.05, 3.63) is 240 Å². The molecule has 2 heterocycles. The highest BCUT2D eigenvalue weighted by atomic mass is 16.5. The van der Waals surface area contributed by atoms with Gasteiger partial charge in [0.25, 0.3) is 0 Å². The Kier molecular flexibility index (Phi) is 8.70. The first-order chi connectivity index (χ1) is 28.7. The van der Waals surface area contributed by atoms with Gasteiger partial charge in [0, 0.05) is 27.8 Å². The molecule has 5 nitrogen and oxygen atoms in total. The maximum Gasteiger partial charge on any atom is 0.187 e. The summed E-state index contributed by atoms with van der Waals surface area (Å²) in [6.45, 7) is 7.55. The molecule has 58 heavy (non-hydrogen) atoms. The summed E-state index contributed by atoms with van der Waals surface area (Å²) in [6, 6.07) is 70.8. The van der Waals surface area contributed by atoms with Gasteiger partial charge in [-0.25, -0.2) is 19.8 Å². The number of aromatic nitrogens is 3. The second-order valence-corrected chi connectivity index (χ2v) is 14.3. The predicted octanol–water partition coefficient (Wildman–Crippen LogP) is 13.2. The van der Waals surface area contributed by atoms with Crippen LogP contribution < -0.4 is 4.74 Å². The zero-order valence-corrected chi connectivity index (χ0v) is 31.3. The molecule has 1 aliphatic rings. The van der Waals surface area contributed by atoms with E-state index in [1.54, 1.807) is 6.07 Å². The average molecular weight is 743 g/mol. The molecule has 0 radical (unpaired) electrons. The summed E-state index contributed by atoms with van der Waals surface area (Å²) in [6.07, 6.45) is 0. The molecule has 0 bridgehead atoms. The number of ether oxygens (including phenoxy) is 1. The third kappa shape index (κ3) is 6.10. The van der Waals surface area contributed by atoms with Gasteiger partial charge >= 0.3 is 0 Å². The molecule has 0 atom stereocenters. The van der Waals surface area contributed by atoms with Crippen molar-refractivity contribution in [3.63, 3.8) is 0 Å². The van der Waals surface area contributed by atoms with E-state index in [2.05, 4.69) is 138 Å². The fraction of sp³-hybridized carbons (Fsp3) is 0.0189. The van der Waals surface area contributed by atoms with Gasteiger partial charge in [0.2, 0.25) is 0 Å². The first-order valence-corrected chi connectivity index (χ1v) is 19.2. The van der Waals surface area contributed by atoms with Gasteiger partial charge in [-0.05, 0) is 69.8 Å². The van der Waals surface area contributed by atoms with Crippen LogP contribution in [0.25, 0.3) is 61.3 Å². The maximum absolute atomic E-state index is 7.55. The van der Waals surface area contributed by atoms with Gasteiger partial charge in [-0.3, -0.25) is 0 Å². The van der Waals surface area contributed by atoms with E-state index in [1.807, 2.05) is 66.7 Å². The highest BCUT2D eigenvalue weighted by Crippen LogP contribution is 2.55. The molecule has 0 unspecified atom stereocenters. The second-order valence-electron chi connectivity index (χ2n) is 14.3. The van der Waals surface area contributed by atoms with Crippen molar-refractivity contribution < 1.29 is 4.74 Å². The average Bonchev–Trinajstić information content (AvgIpc) is 3.31. The van der Waals surface area contributed by atoms with Crippen molar-refractivity contribution in [2.45, 2.75) is 5.41 Å². The Morgan fingerprint density at radius 3 is 1.43 bits per heavy atom. The zero-order chi connectivity index (χ0) is 38.9. The van der Waals surface area contributed by atoms with Gasteiger partial charge in [-0.1, -0.05) is 170 Å². The van der Waals surface area contributed by atoms with Gasteiger partial charge in [0.15, 0.2) is 23.2 Å². The van der Waals surface area contributed by atoms with Gasteiger partial charge < -0.3 is 4.74 Å². The molecule has 0 spiro atoms. The number of hydrogen-bond donors (Lipinski definition) is 0. The number of hydrogen-bond acceptors (Lipinski definition) is 4. The summed E-state index contributed by atoms with van der Waals surface area (Å²) in [5.74, 6) is 3.34. The van der Waals surface area contributed by atoms with Crippen molar-refractivity contribution in [2.75, 3.05) is 0 Å². The van der Waals surface area contributed by atoms with Crippen LogP contribution in [0.1, 0.15) is 22.3 Å². The van der Waals surface area contributed by atoms with Gasteiger partial charge in [-0.2, -0.15) is 0 Å². The van der Waals surface area contributed by atoms with Crippen LogP contribution in [0.3, 0.4) is 0 Å². The normalized spacial score (nSPS) is 12.4. The minimum Gasteiger partial charge on any atom is -0.457 e. The summed E-state index contributed by atoms with van der Waals surface area (Å²) in [4.78, 5) is 18.4. The molecule has 9 aromatic rings. The van der Waals surface area contributed by atoms with Crippen LogP contribution in [-0.2, 0) is 5.41 Å². The van der Waals surface area contributed by atoms with E-state index in [1.165, 1.54) is 11.1 Å². The lowest BCUT2D eigenvalue weighted by molar-refractivity contribution is 0.434. The highest BCUT2D eigenvalue weighted by Gasteiger charge is 2.45. The molecule has 0 saturated heterocycles. The fourth-order valence-electron chi connectivity index (χ4n) is 8.17. The fourth-order valence-corrected chi connectivity index (χ4v) is 8.17. The van der Waals surface area contributed by atoms with E-state index in [-0.39, 0.29) is 0 Å². The topological polar surface area (TPSA) is 52.3 Å². The molecule has 0 amide bonds. The lowest BCUT2D eigenvalue weighted by Gasteiger charge is -2.41. The van der Waals surface area contributed by atoms with Crippen molar-refractivity contribution in [1.82, 2.24) is 15.0 Å². The number of fused-ring (bicyclic) bond motifs is 2. The first kappa shape index (κ1) is 34.5. The van der Waals surface area contributed by atoms with Gasteiger partial charge in [0.05, 0.1) is 12.0 Å². The van der Waals surface area contributed by atoms with Crippen molar-refractivity contribution in [1.29, 1.82) is 0 Å². The van der Waals surface area contributed by atoms with Gasteiger partial charge in [0.1, 0.15) is 11.5 Å². The van der Waals surface area contributed by atoms with Crippen LogP contribution in [0.15, 0.2) is 206 Å². The summed E-state index contributed by atoms with van der Waals surface area (Å²) < 4.78 is 6.67. The SMILES string of the molecule is [C-]#[N+]c1cccc(-c2nc(-c3ccccc3)nc(-c3cccc(-c4cccc(-c5ccc6c(c5)C(c5ccccc5)(c5ccccc5)c5ccccc5O6)c4)c3)n2)c1. The lowest BCUT2D eigenvalue weighted by atomic mass is 9.63. The van der Waals surface area contributed by atoms with E-state index in [0.29, 0.717) is 23.2 Å². The Morgan fingerprint density at radius 1 is 0.362 bits per heavy atom. The molecule has 8 aromatic carbocycles. The van der Waals surface area contributed by atoms with Gasteiger partial charge in [-0.15, -0.1) is 0 Å². The smallest absolute Gasteiger partial charge is 0.187 e. The van der Waals surface area contributed by atoms with Crippen molar-refractivity contribution >= 4 is 5.69 Å². The standard InChI is InChI=1S/C53H34N4O/c1-54-45-27-15-22-42(34-45)52-56-50(36-16-5-2-6-17-36)55-51(57-52)41-21-14-20-39(33-41)37-18-13-19-38(32-37)40-30-31-49-47(35-40)53(43-23-7-3-8-24-43,44-25-9-4-10-26-44)46-28-11-12-29-48(46)58-49/h2-35H. The number of benzene rings is 8. The minimum absolute atomic E-state index is 0.517. The van der Waals surface area contributed by atoms with Crippen LogP contribution in [0, 0.1) is 6.57 Å². The van der Waals surface area contributed by atoms with Crippen LogP contribution in [0.5, 0.6) is 11.5 Å². The monoisotopic (exact) mass is 742 g/mol. The molecule has 0 fully saturated rings. The molecule has 0 N–H and O–H groups in total. The molecule has 1 aromatic heterocycles. The third-order valence-electron chi connectivity index (χ3n) is 10.9. The van der Waals surface area contributed by atoms with E-state index in [4.69, 9.17) is 26.3 Å². The Bertz CT molecular complexity index is 2950. The number of para-hydroxylation sites is 1. The Morgan fingerprint density at radius 2 is 0.810 bits per heavy atom. The highest BCUT2D eigenvalue weighted by molar-refractivity contribution is 5.79. The molecular formula is C53H34N4O. The summed E-state index contributed by atoms with van der Waals surface area (Å²) in [5.41, 5.74) is 11.3. The molecule has 1 aliphatic heterocycles. The van der Waals surface area contributed by atoms with E-state index in [0.717, 1.165) is 61.6 Å². The van der Waals surface area contributed by atoms with Crippen molar-refractivity contribution in [3.8, 4) is 67.9 Å². The molecule has 272 valence electrons. The first-order valence-electron chi connectivity index (χ1n) is 19.2. The molecule has 0 aliphatic carbocycles. The number of rotatable bonds is 7. The summed E-state index contributed by atoms with van der Waals surface area (Å²) >= 11 is 0. The van der Waals surface area contributed by atoms with Crippen LogP contribution >= 0.6 is 0 Å². The summed E-state index contributed by atoms with van der Waals surface area (Å²) in [7, 11) is 0. The molecule has 10 rings (SSSR count). The second kappa shape index (κ2) is 14.6. The van der Waals surface area contributed by atoms with Crippen LogP contribution in [-0.4, -0.2) is 15.0 Å². The quantitative estimate of drug-likeness (QED) is 0.153. The van der Waals surface area contributed by atoms with E-state index in [9.17, 15) is 0 Å². The largest absolute Gasteiger partial charge is 0.457 e. The van der Waals surface area contributed by atoms with E-state index < -0.39 is 5.41 Å². The molecule has 5 heteroatoms. The zero-order valence-electron chi connectivity index (χ0n) is 31.3. The van der Waals surface area contributed by atoms with E-state index >= 15 is 0 Å². The third-order valence-corrected chi connectivity index (χ3v) is 10.9. The maximum atomic E-state index is 7.55. The van der Waals surface area contributed by atoms with Crippen molar-refractivity contribution in [2.24, 2.45) is 0 Å². The lowest BCUT2D eigenvalue weighted by Crippen LogP contribution is -2.34. The Balaban J connectivity index is 1.08. The Labute approximate surface area is 337 Å². The Hall–Kier alpha value is -7.94. The number of nitrogens with zero attached hydrogens (tertiary/aromatic N) is 4. The van der Waals surface area contributed by atoms with Crippen LogP contribution in [0.4, 0.5) is 5.69 Å².